The molecule has 0 aromatic rings. The highest BCUT2D eigenvalue weighted by Gasteiger charge is 2.24. The summed E-state index contributed by atoms with van der Waals surface area (Å²) in [7, 11) is 0. The van der Waals surface area contributed by atoms with Crippen LogP contribution in [0.5, 0.6) is 0 Å². The molecule has 0 aliphatic heterocycles. The van der Waals surface area contributed by atoms with Gasteiger partial charge >= 0.3 is 5.97 Å². The van der Waals surface area contributed by atoms with Gasteiger partial charge in [-0.1, -0.05) is 17.7 Å². The molecule has 0 saturated carbocycles. The van der Waals surface area contributed by atoms with Crippen LogP contribution in [0.15, 0.2) is 35.2 Å². The van der Waals surface area contributed by atoms with Crippen molar-refractivity contribution in [2.75, 3.05) is 19.7 Å². The van der Waals surface area contributed by atoms with Crippen molar-refractivity contribution in [2.45, 2.75) is 27.2 Å². The average Bonchev–Trinajstić information content (AvgIpc) is 2.44. The molecule has 0 radical (unpaired) electrons. The fourth-order valence-corrected chi connectivity index (χ4v) is 2.02. The molecule has 0 fully saturated rings. The Kier molecular flexibility index (Phi) is 6.90. The number of hydrogen-bond acceptors (Lipinski definition) is 6. The van der Waals surface area contributed by atoms with Crippen LogP contribution in [0.4, 0.5) is 0 Å². The molecule has 0 aromatic carbocycles. The van der Waals surface area contributed by atoms with Gasteiger partial charge in [0.05, 0.1) is 12.3 Å². The summed E-state index contributed by atoms with van der Waals surface area (Å²) in [6, 6.07) is 0. The molecule has 1 aliphatic carbocycles. The van der Waals surface area contributed by atoms with E-state index in [0.29, 0.717) is 24.4 Å². The number of carbonyl (C=O) groups is 2. The van der Waals surface area contributed by atoms with Crippen LogP contribution >= 0.6 is 0 Å². The average molecular weight is 303 g/mol. The normalized spacial score (nSPS) is 13.5. The predicted octanol–water partition coefficient (Wildman–Crippen LogP) is 1.63. The van der Waals surface area contributed by atoms with Crippen molar-refractivity contribution in [3.63, 3.8) is 0 Å². The van der Waals surface area contributed by atoms with Crippen molar-refractivity contribution in [1.82, 2.24) is 10.2 Å². The summed E-state index contributed by atoms with van der Waals surface area (Å²) in [5.41, 5.74) is 1.92. The first-order chi connectivity index (χ1) is 10.5. The molecule has 1 N–H and O–H groups in total. The lowest BCUT2D eigenvalue weighted by Crippen LogP contribution is -2.36. The quantitative estimate of drug-likeness (QED) is 0.333. The molecule has 6 heteroatoms. The summed E-state index contributed by atoms with van der Waals surface area (Å²) in [5.74, 6) is -0.633. The predicted molar refractivity (Wildman–Crippen MR) is 82.2 cm³/mol. The van der Waals surface area contributed by atoms with Gasteiger partial charge in [0.2, 0.25) is 5.78 Å². The lowest BCUT2D eigenvalue weighted by molar-refractivity contribution is -0.143. The van der Waals surface area contributed by atoms with Gasteiger partial charge in [-0.3, -0.25) is 14.9 Å². The second-order valence-electron chi connectivity index (χ2n) is 5.00. The minimum absolute atomic E-state index is 0.0385. The second kappa shape index (κ2) is 8.67. The van der Waals surface area contributed by atoms with Crippen LogP contribution in [-0.4, -0.2) is 36.3 Å². The largest absolute Gasteiger partial charge is 0.465 e. The maximum Gasteiger partial charge on any atom is 0.325 e. The third kappa shape index (κ3) is 5.09. The lowest BCUT2D eigenvalue weighted by atomic mass is 10.1. The van der Waals surface area contributed by atoms with Gasteiger partial charge in [0.15, 0.2) is 6.19 Å². The molecule has 6 nitrogen and oxygen atoms in total. The molecular formula is C16H21N3O3. The van der Waals surface area contributed by atoms with E-state index in [2.05, 4.69) is 5.32 Å². The van der Waals surface area contributed by atoms with Crippen molar-refractivity contribution in [3.8, 4) is 6.19 Å². The summed E-state index contributed by atoms with van der Waals surface area (Å²) < 4.78 is 4.96. The number of rotatable bonds is 7. The Hall–Kier alpha value is -2.55. The van der Waals surface area contributed by atoms with E-state index in [0.717, 1.165) is 5.57 Å². The van der Waals surface area contributed by atoms with E-state index in [9.17, 15) is 9.59 Å². The van der Waals surface area contributed by atoms with Gasteiger partial charge in [0.1, 0.15) is 12.2 Å². The fourth-order valence-electron chi connectivity index (χ4n) is 2.02. The third-order valence-corrected chi connectivity index (χ3v) is 2.98. The standard InChI is InChI=1S/C16H21N3O3/c1-4-22-15(21)10-19(9-8-12(2)3)16-13(18-11-17)6-5-7-14(16)20/h5,7-8,18H,4,6,9-10H2,1-3H3. The molecule has 0 bridgehead atoms. The summed E-state index contributed by atoms with van der Waals surface area (Å²) in [6.07, 6.45) is 7.35. The number of allylic oxidation sites excluding steroid dienone is 3. The smallest absolute Gasteiger partial charge is 0.325 e. The Morgan fingerprint density at radius 3 is 2.86 bits per heavy atom. The van der Waals surface area contributed by atoms with Crippen LogP contribution in [0.2, 0.25) is 0 Å². The highest BCUT2D eigenvalue weighted by atomic mass is 16.5. The molecule has 1 aliphatic rings. The first kappa shape index (κ1) is 17.5. The molecule has 0 aromatic heterocycles. The SMILES string of the molecule is CCOC(=O)CN(CC=C(C)C)C1=C(NC#N)CC=CC1=O. The number of carbonyl (C=O) groups excluding carboxylic acids is 2. The van der Waals surface area contributed by atoms with Gasteiger partial charge in [-0.2, -0.15) is 5.26 Å². The van der Waals surface area contributed by atoms with Gasteiger partial charge in [-0.15, -0.1) is 0 Å². The van der Waals surface area contributed by atoms with Crippen molar-refractivity contribution in [1.29, 1.82) is 5.26 Å². The van der Waals surface area contributed by atoms with E-state index in [1.54, 1.807) is 17.9 Å². The molecule has 0 unspecified atom stereocenters. The fraction of sp³-hybridized carbons (Fsp3) is 0.438. The molecular weight excluding hydrogens is 282 g/mol. The zero-order chi connectivity index (χ0) is 16.5. The maximum absolute atomic E-state index is 12.2. The van der Waals surface area contributed by atoms with Gasteiger partial charge in [0.25, 0.3) is 0 Å². The topological polar surface area (TPSA) is 82.4 Å². The number of ether oxygens (including phenoxy) is 1. The Morgan fingerprint density at radius 1 is 1.55 bits per heavy atom. The van der Waals surface area contributed by atoms with Gasteiger partial charge < -0.3 is 9.64 Å². The number of esters is 1. The van der Waals surface area contributed by atoms with Crippen LogP contribution in [0.25, 0.3) is 0 Å². The van der Waals surface area contributed by atoms with Crippen LogP contribution < -0.4 is 5.32 Å². The van der Waals surface area contributed by atoms with E-state index >= 15 is 0 Å². The van der Waals surface area contributed by atoms with Gasteiger partial charge in [-0.05, 0) is 26.8 Å². The summed E-state index contributed by atoms with van der Waals surface area (Å²) in [5, 5.41) is 11.4. The summed E-state index contributed by atoms with van der Waals surface area (Å²) in [6.45, 7) is 6.25. The lowest BCUT2D eigenvalue weighted by Gasteiger charge is -2.27. The van der Waals surface area contributed by atoms with E-state index < -0.39 is 5.97 Å². The Bertz CT molecular complexity index is 564. The zero-order valence-corrected chi connectivity index (χ0v) is 13.2. The molecule has 118 valence electrons. The molecule has 22 heavy (non-hydrogen) atoms. The van der Waals surface area contributed by atoms with Crippen molar-refractivity contribution in [2.24, 2.45) is 0 Å². The molecule has 0 atom stereocenters. The number of nitrogens with one attached hydrogen (secondary N) is 1. The molecule has 0 saturated heterocycles. The molecule has 0 spiro atoms. The summed E-state index contributed by atoms with van der Waals surface area (Å²) in [4.78, 5) is 25.6. The van der Waals surface area contributed by atoms with Crippen LogP contribution in [0.1, 0.15) is 27.2 Å². The highest BCUT2D eigenvalue weighted by molar-refractivity contribution is 6.05. The molecule has 0 amide bonds. The third-order valence-electron chi connectivity index (χ3n) is 2.98. The van der Waals surface area contributed by atoms with Crippen molar-refractivity contribution in [3.05, 3.63) is 35.2 Å². The van der Waals surface area contributed by atoms with Gasteiger partial charge in [-0.25, -0.2) is 0 Å². The Balaban J connectivity index is 3.10. The van der Waals surface area contributed by atoms with Crippen LogP contribution in [0, 0.1) is 11.5 Å². The second-order valence-corrected chi connectivity index (χ2v) is 5.00. The van der Waals surface area contributed by atoms with Crippen LogP contribution in [0.3, 0.4) is 0 Å². The first-order valence-electron chi connectivity index (χ1n) is 7.12. The number of ketones is 1. The number of hydrogen-bond donors (Lipinski definition) is 1. The first-order valence-corrected chi connectivity index (χ1v) is 7.12. The van der Waals surface area contributed by atoms with Crippen LogP contribution in [-0.2, 0) is 14.3 Å². The highest BCUT2D eigenvalue weighted by Crippen LogP contribution is 2.19. The summed E-state index contributed by atoms with van der Waals surface area (Å²) >= 11 is 0. The Morgan fingerprint density at radius 2 is 2.27 bits per heavy atom. The minimum atomic E-state index is -0.407. The van der Waals surface area contributed by atoms with E-state index in [1.807, 2.05) is 26.1 Å². The van der Waals surface area contributed by atoms with E-state index in [1.165, 1.54) is 6.08 Å². The number of nitrogens with zero attached hydrogens (tertiary/aromatic N) is 2. The van der Waals surface area contributed by atoms with E-state index in [-0.39, 0.29) is 18.9 Å². The minimum Gasteiger partial charge on any atom is -0.465 e. The number of nitriles is 1. The maximum atomic E-state index is 12.2. The molecule has 0 heterocycles. The molecule has 1 rings (SSSR count). The van der Waals surface area contributed by atoms with Crippen molar-refractivity contribution >= 4 is 11.8 Å². The van der Waals surface area contributed by atoms with Gasteiger partial charge in [0, 0.05) is 13.0 Å². The monoisotopic (exact) mass is 303 g/mol. The van der Waals surface area contributed by atoms with E-state index in [4.69, 9.17) is 10.00 Å². The zero-order valence-electron chi connectivity index (χ0n) is 13.2. The van der Waals surface area contributed by atoms with Crippen molar-refractivity contribution < 1.29 is 14.3 Å². The Labute approximate surface area is 130 Å².